The lowest BCUT2D eigenvalue weighted by atomic mass is 10.1. The van der Waals surface area contributed by atoms with E-state index in [2.05, 4.69) is 44.1 Å². The van der Waals surface area contributed by atoms with Gasteiger partial charge in [-0.3, -0.25) is 0 Å². The Hall–Kier alpha value is -0.550. The molecule has 2 N–H and O–H groups in total. The minimum Gasteiger partial charge on any atom is -0.478 e. The van der Waals surface area contributed by atoms with E-state index in [0.717, 1.165) is 21.8 Å². The molecule has 0 aliphatic heterocycles. The van der Waals surface area contributed by atoms with Gasteiger partial charge < -0.3 is 10.4 Å². The van der Waals surface area contributed by atoms with Gasteiger partial charge in [0.05, 0.1) is 11.3 Å². The molecule has 0 amide bonds. The molecular weight excluding hydrogens is 350 g/mol. The molecule has 0 heterocycles. The van der Waals surface area contributed by atoms with E-state index in [1.54, 1.807) is 6.07 Å². The van der Waals surface area contributed by atoms with Gasteiger partial charge in [0.25, 0.3) is 0 Å². The highest BCUT2D eigenvalue weighted by molar-refractivity contribution is 9.11. The molecule has 1 aromatic carbocycles. The Labute approximate surface area is 118 Å². The van der Waals surface area contributed by atoms with E-state index in [9.17, 15) is 9.90 Å². The Kier molecular flexibility index (Phi) is 5.46. The van der Waals surface area contributed by atoms with E-state index in [1.807, 2.05) is 13.0 Å². The third-order valence-electron chi connectivity index (χ3n) is 2.40. The lowest BCUT2D eigenvalue weighted by Gasteiger charge is -2.18. The zero-order chi connectivity index (χ0) is 13.0. The second-order valence-corrected chi connectivity index (χ2v) is 5.72. The van der Waals surface area contributed by atoms with Crippen LogP contribution in [0.3, 0.4) is 0 Å². The van der Waals surface area contributed by atoms with Crippen molar-refractivity contribution < 1.29 is 9.90 Å². The molecule has 0 aromatic heterocycles. The number of hydrogen-bond acceptors (Lipinski definition) is 2. The van der Waals surface area contributed by atoms with Crippen LogP contribution in [0.5, 0.6) is 0 Å². The predicted molar refractivity (Wildman–Crippen MR) is 76.8 cm³/mol. The molecule has 0 spiro atoms. The van der Waals surface area contributed by atoms with Gasteiger partial charge in [-0.1, -0.05) is 29.3 Å². The van der Waals surface area contributed by atoms with E-state index in [-0.39, 0.29) is 11.6 Å². The maximum atomic E-state index is 11.2. The van der Waals surface area contributed by atoms with Crippen molar-refractivity contribution in [2.75, 3.05) is 5.32 Å². The molecule has 0 saturated heterocycles. The van der Waals surface area contributed by atoms with E-state index in [1.165, 1.54) is 0 Å². The van der Waals surface area contributed by atoms with Crippen molar-refractivity contribution in [1.82, 2.24) is 0 Å². The van der Waals surface area contributed by atoms with Gasteiger partial charge in [0, 0.05) is 15.0 Å². The lowest BCUT2D eigenvalue weighted by Crippen LogP contribution is -2.17. The van der Waals surface area contributed by atoms with Gasteiger partial charge in [0.2, 0.25) is 0 Å². The molecule has 0 aliphatic carbocycles. The highest BCUT2D eigenvalue weighted by atomic mass is 79.9. The third kappa shape index (κ3) is 4.00. The fraction of sp³-hybridized carbons (Fsp3) is 0.417. The Bertz CT molecular complexity index is 421. The highest BCUT2D eigenvalue weighted by Gasteiger charge is 2.16. The van der Waals surface area contributed by atoms with Crippen molar-refractivity contribution >= 4 is 43.5 Å². The summed E-state index contributed by atoms with van der Waals surface area (Å²) in [4.78, 5) is 11.2. The number of hydrogen-bond donors (Lipinski definition) is 2. The van der Waals surface area contributed by atoms with Crippen LogP contribution in [-0.2, 0) is 0 Å². The van der Waals surface area contributed by atoms with E-state index in [0.29, 0.717) is 5.69 Å². The zero-order valence-electron chi connectivity index (χ0n) is 9.76. The maximum absolute atomic E-state index is 11.2. The highest BCUT2D eigenvalue weighted by Crippen LogP contribution is 2.31. The van der Waals surface area contributed by atoms with E-state index in [4.69, 9.17) is 0 Å². The molecule has 1 rings (SSSR count). The van der Waals surface area contributed by atoms with Gasteiger partial charge in [0.15, 0.2) is 0 Å². The van der Waals surface area contributed by atoms with Crippen molar-refractivity contribution in [2.24, 2.45) is 0 Å². The molecule has 5 heteroatoms. The fourth-order valence-corrected chi connectivity index (χ4v) is 2.98. The van der Waals surface area contributed by atoms with Crippen LogP contribution in [0.15, 0.2) is 21.1 Å². The number of carboxylic acids is 1. The summed E-state index contributed by atoms with van der Waals surface area (Å²) in [6.45, 7) is 4.15. The molecule has 1 unspecified atom stereocenters. The first-order chi connectivity index (χ1) is 7.95. The second kappa shape index (κ2) is 6.40. The lowest BCUT2D eigenvalue weighted by molar-refractivity contribution is 0.0697. The summed E-state index contributed by atoms with van der Waals surface area (Å²) in [5.74, 6) is -0.932. The summed E-state index contributed by atoms with van der Waals surface area (Å²) < 4.78 is 1.50. The number of benzene rings is 1. The summed E-state index contributed by atoms with van der Waals surface area (Å²) in [6.07, 6.45) is 2.06. The number of carbonyl (C=O) groups is 1. The monoisotopic (exact) mass is 363 g/mol. The van der Waals surface area contributed by atoms with Crippen LogP contribution >= 0.6 is 31.9 Å². The Morgan fingerprint density at radius 3 is 2.65 bits per heavy atom. The number of rotatable bonds is 5. The third-order valence-corrected chi connectivity index (χ3v) is 3.48. The van der Waals surface area contributed by atoms with Crippen LogP contribution in [0.1, 0.15) is 37.0 Å². The number of halogens is 2. The number of carboxylic acid groups (broad SMARTS) is 1. The smallest absolute Gasteiger partial charge is 0.337 e. The van der Waals surface area contributed by atoms with Crippen molar-refractivity contribution in [2.45, 2.75) is 32.7 Å². The normalized spacial score (nSPS) is 12.2. The quantitative estimate of drug-likeness (QED) is 0.807. The minimum absolute atomic E-state index is 0.246. The van der Waals surface area contributed by atoms with E-state index >= 15 is 0 Å². The number of anilines is 1. The van der Waals surface area contributed by atoms with Gasteiger partial charge >= 0.3 is 5.97 Å². The van der Waals surface area contributed by atoms with E-state index < -0.39 is 5.97 Å². The van der Waals surface area contributed by atoms with Crippen LogP contribution in [0, 0.1) is 0 Å². The molecule has 3 nitrogen and oxygen atoms in total. The van der Waals surface area contributed by atoms with Crippen LogP contribution in [0.4, 0.5) is 5.69 Å². The molecule has 17 heavy (non-hydrogen) atoms. The standard InChI is InChI=1S/C12H15Br2NO2/c1-3-4-7(2)15-11-9(12(16)17)5-8(13)6-10(11)14/h5-7,15H,3-4H2,1-2H3,(H,16,17). The number of nitrogens with one attached hydrogen (secondary N) is 1. The van der Waals surface area contributed by atoms with Crippen molar-refractivity contribution in [3.8, 4) is 0 Å². The topological polar surface area (TPSA) is 49.3 Å². The van der Waals surface area contributed by atoms with Gasteiger partial charge in [0.1, 0.15) is 0 Å². The first-order valence-corrected chi connectivity index (χ1v) is 7.03. The molecule has 0 radical (unpaired) electrons. The second-order valence-electron chi connectivity index (χ2n) is 3.95. The fourth-order valence-electron chi connectivity index (χ4n) is 1.64. The molecule has 94 valence electrons. The summed E-state index contributed by atoms with van der Waals surface area (Å²) in [5.41, 5.74) is 0.913. The largest absolute Gasteiger partial charge is 0.478 e. The van der Waals surface area contributed by atoms with Crippen LogP contribution in [0.2, 0.25) is 0 Å². The summed E-state index contributed by atoms with van der Waals surface area (Å²) >= 11 is 6.68. The Morgan fingerprint density at radius 1 is 1.47 bits per heavy atom. The van der Waals surface area contributed by atoms with Crippen LogP contribution in [-0.4, -0.2) is 17.1 Å². The van der Waals surface area contributed by atoms with Crippen LogP contribution < -0.4 is 5.32 Å². The van der Waals surface area contributed by atoms with Gasteiger partial charge in [-0.15, -0.1) is 0 Å². The zero-order valence-corrected chi connectivity index (χ0v) is 12.9. The SMILES string of the molecule is CCCC(C)Nc1c(Br)cc(Br)cc1C(=O)O. The van der Waals surface area contributed by atoms with Gasteiger partial charge in [-0.2, -0.15) is 0 Å². The molecule has 0 saturated carbocycles. The van der Waals surface area contributed by atoms with Gasteiger partial charge in [-0.25, -0.2) is 4.79 Å². The minimum atomic E-state index is -0.932. The van der Waals surface area contributed by atoms with Gasteiger partial charge in [-0.05, 0) is 41.4 Å². The van der Waals surface area contributed by atoms with Crippen molar-refractivity contribution in [3.05, 3.63) is 26.6 Å². The van der Waals surface area contributed by atoms with Crippen molar-refractivity contribution in [1.29, 1.82) is 0 Å². The summed E-state index contributed by atoms with van der Waals surface area (Å²) in [7, 11) is 0. The molecule has 0 aliphatic rings. The predicted octanol–water partition coefficient (Wildman–Crippen LogP) is 4.51. The average Bonchev–Trinajstić information content (AvgIpc) is 2.21. The Morgan fingerprint density at radius 2 is 2.12 bits per heavy atom. The average molecular weight is 365 g/mol. The molecule has 1 atom stereocenters. The molecular formula is C12H15Br2NO2. The molecule has 0 bridgehead atoms. The first-order valence-electron chi connectivity index (χ1n) is 5.44. The Balaban J connectivity index is 3.08. The summed E-state index contributed by atoms with van der Waals surface area (Å²) in [6, 6.07) is 3.69. The first kappa shape index (κ1) is 14.5. The molecule has 0 fully saturated rings. The maximum Gasteiger partial charge on any atom is 0.337 e. The summed E-state index contributed by atoms with van der Waals surface area (Å²) in [5, 5.41) is 12.4. The van der Waals surface area contributed by atoms with Crippen molar-refractivity contribution in [3.63, 3.8) is 0 Å². The molecule has 1 aromatic rings. The number of aromatic carboxylic acids is 1. The van der Waals surface area contributed by atoms with Crippen LogP contribution in [0.25, 0.3) is 0 Å².